The molecule has 0 unspecified atom stereocenters. The second-order valence-corrected chi connectivity index (χ2v) is 5.30. The molecule has 3 rings (SSSR count). The summed E-state index contributed by atoms with van der Waals surface area (Å²) in [5.41, 5.74) is 2.24. The van der Waals surface area contributed by atoms with E-state index in [1.54, 1.807) is 0 Å². The molecule has 0 amide bonds. The summed E-state index contributed by atoms with van der Waals surface area (Å²) in [5, 5.41) is 9.68. The number of aliphatic carboxylic acids is 1. The van der Waals surface area contributed by atoms with E-state index < -0.39 is 5.97 Å². The summed E-state index contributed by atoms with van der Waals surface area (Å²) >= 11 is 0. The van der Waals surface area contributed by atoms with E-state index in [4.69, 9.17) is 14.3 Å². The van der Waals surface area contributed by atoms with Crippen LogP contribution in [-0.4, -0.2) is 16.7 Å². The third-order valence-corrected chi connectivity index (χ3v) is 3.19. The predicted molar refractivity (Wildman–Crippen MR) is 66.0 cm³/mol. The van der Waals surface area contributed by atoms with E-state index in [1.807, 2.05) is 26.0 Å². The highest BCUT2D eigenvalue weighted by atomic mass is 16.5. The van der Waals surface area contributed by atoms with Gasteiger partial charge in [-0.25, -0.2) is 0 Å². The van der Waals surface area contributed by atoms with Crippen LogP contribution in [0.3, 0.4) is 0 Å². The maximum absolute atomic E-state index is 10.8. The molecule has 0 radical (unpaired) electrons. The zero-order chi connectivity index (χ0) is 12.9. The molecule has 0 atom stereocenters. The quantitative estimate of drug-likeness (QED) is 0.885. The molecule has 18 heavy (non-hydrogen) atoms. The molecule has 0 aliphatic carbocycles. The predicted octanol–water partition coefficient (Wildman–Crippen LogP) is 2.77. The van der Waals surface area contributed by atoms with E-state index in [9.17, 15) is 4.79 Å². The van der Waals surface area contributed by atoms with Gasteiger partial charge in [-0.05, 0) is 13.8 Å². The van der Waals surface area contributed by atoms with Crippen LogP contribution < -0.4 is 4.74 Å². The number of ether oxygens (including phenoxy) is 1. The summed E-state index contributed by atoms with van der Waals surface area (Å²) < 4.78 is 11.4. The van der Waals surface area contributed by atoms with Crippen LogP contribution in [-0.2, 0) is 17.6 Å². The van der Waals surface area contributed by atoms with Gasteiger partial charge in [0.25, 0.3) is 0 Å². The highest BCUT2D eigenvalue weighted by molar-refractivity contribution is 5.90. The van der Waals surface area contributed by atoms with Crippen LogP contribution in [0, 0.1) is 0 Å². The zero-order valence-corrected chi connectivity index (χ0v) is 10.3. The molecular weight excluding hydrogens is 232 g/mol. The third kappa shape index (κ3) is 1.65. The molecule has 0 saturated heterocycles. The highest BCUT2D eigenvalue weighted by Gasteiger charge is 2.32. The van der Waals surface area contributed by atoms with Gasteiger partial charge in [-0.15, -0.1) is 0 Å². The van der Waals surface area contributed by atoms with Gasteiger partial charge in [0.15, 0.2) is 11.3 Å². The first-order valence-electron chi connectivity index (χ1n) is 5.89. The lowest BCUT2D eigenvalue weighted by molar-refractivity contribution is -0.136. The Morgan fingerprint density at radius 1 is 1.44 bits per heavy atom. The molecule has 1 aromatic carbocycles. The standard InChI is InChI=1S/C14H14O4/c1-14(2)6-8-3-4-10-9(5-11(15)16)7-17-13(10)12(8)18-14/h3-4,7H,5-6H2,1-2H3,(H,15,16). The van der Waals surface area contributed by atoms with Gasteiger partial charge in [0.1, 0.15) is 5.60 Å². The van der Waals surface area contributed by atoms with Gasteiger partial charge in [-0.1, -0.05) is 12.1 Å². The number of fused-ring (bicyclic) bond motifs is 3. The molecule has 1 aliphatic heterocycles. The van der Waals surface area contributed by atoms with Crippen molar-refractivity contribution in [2.75, 3.05) is 0 Å². The van der Waals surface area contributed by atoms with Crippen molar-refractivity contribution in [3.8, 4) is 5.75 Å². The molecule has 94 valence electrons. The molecule has 0 bridgehead atoms. The summed E-state index contributed by atoms with van der Waals surface area (Å²) in [5.74, 6) is -0.103. The Morgan fingerprint density at radius 3 is 2.94 bits per heavy atom. The second-order valence-electron chi connectivity index (χ2n) is 5.30. The van der Waals surface area contributed by atoms with Crippen molar-refractivity contribution in [2.24, 2.45) is 0 Å². The molecule has 1 N–H and O–H groups in total. The van der Waals surface area contributed by atoms with E-state index in [0.29, 0.717) is 11.1 Å². The molecule has 1 aliphatic rings. The van der Waals surface area contributed by atoms with Crippen molar-refractivity contribution < 1.29 is 19.1 Å². The average molecular weight is 246 g/mol. The fourth-order valence-electron chi connectivity index (χ4n) is 2.49. The molecule has 4 heteroatoms. The van der Waals surface area contributed by atoms with Crippen LogP contribution in [0.1, 0.15) is 25.0 Å². The number of carboxylic acid groups (broad SMARTS) is 1. The van der Waals surface area contributed by atoms with Crippen molar-refractivity contribution in [3.63, 3.8) is 0 Å². The van der Waals surface area contributed by atoms with Gasteiger partial charge in [-0.3, -0.25) is 4.79 Å². The first kappa shape index (κ1) is 11.1. The number of rotatable bonds is 2. The maximum atomic E-state index is 10.8. The Kier molecular flexibility index (Phi) is 2.17. The Bertz CT molecular complexity index is 637. The van der Waals surface area contributed by atoms with Gasteiger partial charge in [-0.2, -0.15) is 0 Å². The van der Waals surface area contributed by atoms with Gasteiger partial charge < -0.3 is 14.3 Å². The fraction of sp³-hybridized carbons (Fsp3) is 0.357. The lowest BCUT2D eigenvalue weighted by Gasteiger charge is -2.16. The van der Waals surface area contributed by atoms with E-state index in [-0.39, 0.29) is 12.0 Å². The van der Waals surface area contributed by atoms with Gasteiger partial charge in [0.2, 0.25) is 0 Å². The van der Waals surface area contributed by atoms with Crippen molar-refractivity contribution >= 4 is 16.9 Å². The molecule has 0 spiro atoms. The van der Waals surface area contributed by atoms with Crippen molar-refractivity contribution in [2.45, 2.75) is 32.3 Å². The van der Waals surface area contributed by atoms with Crippen molar-refractivity contribution in [3.05, 3.63) is 29.5 Å². The molecular formula is C14H14O4. The Morgan fingerprint density at radius 2 is 2.22 bits per heavy atom. The van der Waals surface area contributed by atoms with Crippen LogP contribution >= 0.6 is 0 Å². The van der Waals surface area contributed by atoms with Crippen molar-refractivity contribution in [1.82, 2.24) is 0 Å². The lowest BCUT2D eigenvalue weighted by Crippen LogP contribution is -2.24. The van der Waals surface area contributed by atoms with Crippen LogP contribution in [0.15, 0.2) is 22.8 Å². The minimum Gasteiger partial charge on any atom is -0.483 e. The molecule has 0 saturated carbocycles. The summed E-state index contributed by atoms with van der Waals surface area (Å²) in [6.07, 6.45) is 2.32. The molecule has 2 heterocycles. The lowest BCUT2D eigenvalue weighted by atomic mass is 10.0. The second kappa shape index (κ2) is 3.51. The smallest absolute Gasteiger partial charge is 0.307 e. The van der Waals surface area contributed by atoms with Crippen LogP contribution in [0.25, 0.3) is 11.0 Å². The fourth-order valence-corrected chi connectivity index (χ4v) is 2.49. The summed E-state index contributed by atoms with van der Waals surface area (Å²) in [4.78, 5) is 10.8. The Balaban J connectivity index is 2.14. The summed E-state index contributed by atoms with van der Waals surface area (Å²) in [7, 11) is 0. The Labute approximate surface area is 104 Å². The minimum absolute atomic E-state index is 0.0326. The monoisotopic (exact) mass is 246 g/mol. The van der Waals surface area contributed by atoms with E-state index in [2.05, 4.69) is 0 Å². The van der Waals surface area contributed by atoms with Crippen molar-refractivity contribution in [1.29, 1.82) is 0 Å². The molecule has 2 aromatic rings. The van der Waals surface area contributed by atoms with Crippen LogP contribution in [0.2, 0.25) is 0 Å². The van der Waals surface area contributed by atoms with E-state index >= 15 is 0 Å². The molecule has 1 aromatic heterocycles. The molecule has 0 fully saturated rings. The minimum atomic E-state index is -0.862. The van der Waals surface area contributed by atoms with E-state index in [1.165, 1.54) is 6.26 Å². The molecule has 4 nitrogen and oxygen atoms in total. The third-order valence-electron chi connectivity index (χ3n) is 3.19. The average Bonchev–Trinajstić information content (AvgIpc) is 2.76. The zero-order valence-electron chi connectivity index (χ0n) is 10.3. The number of furan rings is 1. The van der Waals surface area contributed by atoms with Crippen LogP contribution in [0.5, 0.6) is 5.75 Å². The largest absolute Gasteiger partial charge is 0.483 e. The normalized spacial score (nSPS) is 16.6. The first-order valence-corrected chi connectivity index (χ1v) is 5.89. The number of benzene rings is 1. The van der Waals surface area contributed by atoms with Crippen LogP contribution in [0.4, 0.5) is 0 Å². The first-order chi connectivity index (χ1) is 8.46. The summed E-state index contributed by atoms with van der Waals surface area (Å²) in [6.45, 7) is 4.06. The SMILES string of the molecule is CC1(C)Cc2ccc3c(CC(=O)O)coc3c2O1. The van der Waals surface area contributed by atoms with Gasteiger partial charge in [0.05, 0.1) is 12.7 Å². The summed E-state index contributed by atoms with van der Waals surface area (Å²) in [6, 6.07) is 3.91. The number of hydrogen-bond donors (Lipinski definition) is 1. The van der Waals surface area contributed by atoms with Gasteiger partial charge in [0, 0.05) is 22.9 Å². The van der Waals surface area contributed by atoms with Gasteiger partial charge >= 0.3 is 5.97 Å². The van der Waals surface area contributed by atoms with E-state index in [0.717, 1.165) is 23.1 Å². The highest BCUT2D eigenvalue weighted by Crippen LogP contribution is 2.41. The maximum Gasteiger partial charge on any atom is 0.307 e. The number of carbonyl (C=O) groups is 1. The number of carboxylic acids is 1. The topological polar surface area (TPSA) is 59.7 Å². The Hall–Kier alpha value is -1.97. The number of hydrogen-bond acceptors (Lipinski definition) is 3.